The number of alkyl carbamates (subject to hydrolysis) is 1. The Morgan fingerprint density at radius 1 is 1.16 bits per heavy atom. The van der Waals surface area contributed by atoms with Crippen molar-refractivity contribution in [2.24, 2.45) is 4.99 Å². The molecule has 38 heavy (non-hydrogen) atoms. The molecule has 0 aromatic heterocycles. The average Bonchev–Trinajstić information content (AvgIpc) is 2.73. The van der Waals surface area contributed by atoms with Crippen LogP contribution in [0, 0.1) is 11.6 Å². The van der Waals surface area contributed by atoms with Gasteiger partial charge in [-0.15, -0.1) is 0 Å². The van der Waals surface area contributed by atoms with Crippen LogP contribution >= 0.6 is 0 Å². The van der Waals surface area contributed by atoms with E-state index in [0.717, 1.165) is 19.2 Å². The molecule has 0 radical (unpaired) electrons. The van der Waals surface area contributed by atoms with Crippen LogP contribution in [-0.4, -0.2) is 43.2 Å². The number of nitrogen functional groups attached to an aromatic ring is 1. The van der Waals surface area contributed by atoms with E-state index < -0.39 is 79.4 Å². The van der Waals surface area contributed by atoms with E-state index in [1.54, 1.807) is 20.8 Å². The van der Waals surface area contributed by atoms with Crippen LogP contribution in [0.5, 0.6) is 0 Å². The van der Waals surface area contributed by atoms with Gasteiger partial charge in [-0.1, -0.05) is 12.1 Å². The van der Waals surface area contributed by atoms with Gasteiger partial charge in [0.15, 0.2) is 5.82 Å². The summed E-state index contributed by atoms with van der Waals surface area (Å²) in [6.07, 6.45) is -6.17. The molecular formula is C23H26F5N5O4S. The lowest BCUT2D eigenvalue weighted by atomic mass is 9.93. The summed E-state index contributed by atoms with van der Waals surface area (Å²) in [6.45, 7) is 6.03. The second-order valence-electron chi connectivity index (χ2n) is 9.74. The third kappa shape index (κ3) is 5.92. The van der Waals surface area contributed by atoms with Gasteiger partial charge in [-0.25, -0.2) is 31.3 Å². The topological polar surface area (TPSA) is 126 Å². The molecule has 1 aliphatic rings. The van der Waals surface area contributed by atoms with Crippen LogP contribution in [0.25, 0.3) is 0 Å². The molecule has 1 aliphatic heterocycles. The molecule has 0 bridgehead atoms. The van der Waals surface area contributed by atoms with E-state index in [-0.39, 0.29) is 5.56 Å². The molecule has 3 rings (SSSR count). The molecule has 0 unspecified atom stereocenters. The highest BCUT2D eigenvalue weighted by Crippen LogP contribution is 2.42. The first-order valence-electron chi connectivity index (χ1n) is 11.0. The minimum absolute atomic E-state index is 0.328. The lowest BCUT2D eigenvalue weighted by molar-refractivity contribution is -0.139. The van der Waals surface area contributed by atoms with E-state index in [9.17, 15) is 30.8 Å². The number of sulfonamides is 1. The first-order chi connectivity index (χ1) is 17.2. The molecule has 15 heteroatoms. The number of rotatable bonds is 3. The van der Waals surface area contributed by atoms with E-state index in [1.807, 2.05) is 0 Å². The Bertz CT molecular complexity index is 1410. The zero-order chi connectivity index (χ0) is 28.8. The lowest BCUT2D eigenvalue weighted by Gasteiger charge is -2.36. The number of halogens is 5. The average molecular weight is 564 g/mol. The van der Waals surface area contributed by atoms with E-state index >= 15 is 4.39 Å². The number of amides is 1. The van der Waals surface area contributed by atoms with Gasteiger partial charge < -0.3 is 15.8 Å². The molecule has 0 saturated heterocycles. The van der Waals surface area contributed by atoms with Crippen LogP contribution in [0.4, 0.5) is 43.8 Å². The lowest BCUT2D eigenvalue weighted by Crippen LogP contribution is -2.54. The maximum atomic E-state index is 15.7. The molecule has 1 heterocycles. The molecule has 208 valence electrons. The summed E-state index contributed by atoms with van der Waals surface area (Å²) in [6, 6.07) is 4.93. The van der Waals surface area contributed by atoms with Crippen molar-refractivity contribution in [1.29, 1.82) is 0 Å². The maximum Gasteiger partial charge on any atom is 0.421 e. The second-order valence-corrected chi connectivity index (χ2v) is 11.7. The largest absolute Gasteiger partial charge is 0.444 e. The predicted octanol–water partition coefficient (Wildman–Crippen LogP) is 4.68. The van der Waals surface area contributed by atoms with Gasteiger partial charge in [-0.05, 0) is 45.9 Å². The number of nitrogens with zero attached hydrogens (tertiary/aromatic N) is 2. The van der Waals surface area contributed by atoms with Crippen molar-refractivity contribution in [3.05, 3.63) is 53.1 Å². The number of guanidine groups is 1. The van der Waals surface area contributed by atoms with Gasteiger partial charge in [-0.3, -0.25) is 5.32 Å². The number of carbonyl (C=O) groups excluding carboxylic acids is 1. The fourth-order valence-electron chi connectivity index (χ4n) is 3.74. The van der Waals surface area contributed by atoms with E-state index in [4.69, 9.17) is 10.5 Å². The van der Waals surface area contributed by atoms with Crippen molar-refractivity contribution in [2.45, 2.75) is 45.0 Å². The van der Waals surface area contributed by atoms with Crippen LogP contribution in [0.2, 0.25) is 0 Å². The van der Waals surface area contributed by atoms with Crippen molar-refractivity contribution in [2.75, 3.05) is 23.9 Å². The molecule has 0 spiro atoms. The summed E-state index contributed by atoms with van der Waals surface area (Å²) in [5, 5.41) is 4.43. The van der Waals surface area contributed by atoms with E-state index in [1.165, 1.54) is 19.1 Å². The number of nitrogens with one attached hydrogen (secondary N) is 2. The molecule has 2 aromatic rings. The Morgan fingerprint density at radius 3 is 2.37 bits per heavy atom. The summed E-state index contributed by atoms with van der Waals surface area (Å²) in [4.78, 5) is 16.5. The number of hydrogen-bond acceptors (Lipinski definition) is 7. The van der Waals surface area contributed by atoms with Crippen molar-refractivity contribution in [1.82, 2.24) is 9.62 Å². The van der Waals surface area contributed by atoms with Gasteiger partial charge in [0.25, 0.3) is 0 Å². The standard InChI is InChI=1S/C23H26F5N5O4S/c1-21(2,3)37-20(34)31-19-32-22(4,11-38(35,36)33(19)5)12-7-6-8-15(17(12)25)30-18-14(29)10-9-13(24)16(18)23(26,27)28/h6-10,30H,11,29H2,1-5H3,(H,31,32,34)/t22-/m0/s1. The van der Waals surface area contributed by atoms with Crippen LogP contribution in [0.3, 0.4) is 0 Å². The molecule has 2 aromatic carbocycles. The van der Waals surface area contributed by atoms with Gasteiger partial charge in [0, 0.05) is 12.6 Å². The van der Waals surface area contributed by atoms with Crippen LogP contribution in [0.1, 0.15) is 38.8 Å². The quantitative estimate of drug-likeness (QED) is 0.368. The molecule has 1 amide bonds. The zero-order valence-electron chi connectivity index (χ0n) is 21.0. The van der Waals surface area contributed by atoms with Crippen LogP contribution in [0.15, 0.2) is 35.3 Å². The number of aliphatic imine (C=N–C) groups is 1. The Hall–Kier alpha value is -3.62. The van der Waals surface area contributed by atoms with E-state index in [0.29, 0.717) is 10.4 Å². The molecule has 0 aliphatic carbocycles. The molecule has 0 fully saturated rings. The SMILES string of the molecule is CN1C(NC(=O)OC(C)(C)C)=N[C@](C)(c2cccc(Nc3c(N)ccc(F)c3C(F)(F)F)c2F)CS1(=O)=O. The highest BCUT2D eigenvalue weighted by Gasteiger charge is 2.44. The zero-order valence-corrected chi connectivity index (χ0v) is 21.8. The molecular weight excluding hydrogens is 537 g/mol. The summed E-state index contributed by atoms with van der Waals surface area (Å²) in [5.41, 5.74) is -1.12. The number of alkyl halides is 3. The third-order valence-corrected chi connectivity index (χ3v) is 7.39. The van der Waals surface area contributed by atoms with E-state index in [2.05, 4.69) is 15.6 Å². The Balaban J connectivity index is 2.10. The number of nitrogens with two attached hydrogens (primary N) is 1. The maximum absolute atomic E-state index is 15.7. The Labute approximate surface area is 215 Å². The summed E-state index contributed by atoms with van der Waals surface area (Å²) >= 11 is 0. The van der Waals surface area contributed by atoms with Crippen LogP contribution < -0.4 is 16.4 Å². The summed E-state index contributed by atoms with van der Waals surface area (Å²) in [7, 11) is -3.03. The van der Waals surface area contributed by atoms with Gasteiger partial charge in [0.2, 0.25) is 16.0 Å². The molecule has 1 atom stereocenters. The fraction of sp³-hybridized carbons (Fsp3) is 0.391. The summed E-state index contributed by atoms with van der Waals surface area (Å²) < 4.78 is 102. The molecule has 9 nitrogen and oxygen atoms in total. The van der Waals surface area contributed by atoms with Gasteiger partial charge >= 0.3 is 12.3 Å². The van der Waals surface area contributed by atoms with Gasteiger partial charge in [-0.2, -0.15) is 13.2 Å². The van der Waals surface area contributed by atoms with Crippen molar-refractivity contribution < 1.29 is 39.9 Å². The third-order valence-electron chi connectivity index (χ3n) is 5.45. The second kappa shape index (κ2) is 9.60. The smallest absolute Gasteiger partial charge is 0.421 e. The monoisotopic (exact) mass is 563 g/mol. The van der Waals surface area contributed by atoms with Crippen molar-refractivity contribution >= 4 is 39.1 Å². The highest BCUT2D eigenvalue weighted by atomic mass is 32.2. The highest BCUT2D eigenvalue weighted by molar-refractivity contribution is 7.89. The Morgan fingerprint density at radius 2 is 1.79 bits per heavy atom. The van der Waals surface area contributed by atoms with Gasteiger partial charge in [0.05, 0.1) is 22.8 Å². The first kappa shape index (κ1) is 28.9. The fourth-order valence-corrected chi connectivity index (χ4v) is 5.22. The first-order valence-corrected chi connectivity index (χ1v) is 12.6. The normalized spacial score (nSPS) is 19.5. The number of anilines is 3. The predicted molar refractivity (Wildman–Crippen MR) is 131 cm³/mol. The number of benzene rings is 2. The molecule has 0 saturated carbocycles. The minimum atomic E-state index is -5.16. The van der Waals surface area contributed by atoms with Crippen molar-refractivity contribution in [3.63, 3.8) is 0 Å². The van der Waals surface area contributed by atoms with Gasteiger partial charge in [0.1, 0.15) is 22.5 Å². The number of hydrogen-bond donors (Lipinski definition) is 3. The summed E-state index contributed by atoms with van der Waals surface area (Å²) in [5.74, 6) is -3.99. The van der Waals surface area contributed by atoms with Crippen LogP contribution in [-0.2, 0) is 26.5 Å². The number of ether oxygens (including phenoxy) is 1. The minimum Gasteiger partial charge on any atom is -0.444 e. The van der Waals surface area contributed by atoms with Crippen molar-refractivity contribution in [3.8, 4) is 0 Å². The number of carbonyl (C=O) groups is 1. The molecule has 4 N–H and O–H groups in total. The Kier molecular flexibility index (Phi) is 7.31.